The maximum Gasteiger partial charge on any atom is 0.257 e. The van der Waals surface area contributed by atoms with Gasteiger partial charge in [0.1, 0.15) is 12.7 Å². The summed E-state index contributed by atoms with van der Waals surface area (Å²) < 4.78 is 1.50. The van der Waals surface area contributed by atoms with Crippen molar-refractivity contribution >= 4 is 22.4 Å². The molecule has 0 aliphatic rings. The van der Waals surface area contributed by atoms with Gasteiger partial charge in [-0.1, -0.05) is 12.1 Å². The van der Waals surface area contributed by atoms with Gasteiger partial charge in [0.25, 0.3) is 5.91 Å². The molecule has 1 aromatic carbocycles. The number of carbonyl (C=O) groups is 1. The van der Waals surface area contributed by atoms with E-state index in [-0.39, 0.29) is 5.91 Å². The molecule has 3 heterocycles. The van der Waals surface area contributed by atoms with E-state index in [2.05, 4.69) is 51.3 Å². The largest absolute Gasteiger partial charge is 0.298 e. The van der Waals surface area contributed by atoms with E-state index >= 15 is 0 Å². The smallest absolute Gasteiger partial charge is 0.257 e. The molecule has 3 aromatic heterocycles. The van der Waals surface area contributed by atoms with Gasteiger partial charge in [-0.05, 0) is 43.2 Å². The molecule has 0 fully saturated rings. The molecule has 27 heavy (non-hydrogen) atoms. The lowest BCUT2D eigenvalue weighted by molar-refractivity contribution is 0.102. The highest BCUT2D eigenvalue weighted by Gasteiger charge is 2.12. The Bertz CT molecular complexity index is 1100. The number of hydrogen-bond donors (Lipinski definition) is 1. The Labute approximate surface area is 159 Å². The Hall–Kier alpha value is -3.39. The van der Waals surface area contributed by atoms with E-state index < -0.39 is 0 Å². The molecule has 0 bridgehead atoms. The normalized spacial score (nSPS) is 10.7. The lowest BCUT2D eigenvalue weighted by Gasteiger charge is -2.04. The quantitative estimate of drug-likeness (QED) is 0.587. The van der Waals surface area contributed by atoms with Crippen LogP contribution in [0.2, 0.25) is 0 Å². The van der Waals surface area contributed by atoms with Crippen molar-refractivity contribution in [2.45, 2.75) is 13.8 Å². The summed E-state index contributed by atoms with van der Waals surface area (Å²) in [6.07, 6.45) is 4.51. The van der Waals surface area contributed by atoms with Crippen LogP contribution in [0.4, 0.5) is 5.13 Å². The molecule has 1 N–H and O–H groups in total. The van der Waals surface area contributed by atoms with Crippen LogP contribution in [0.3, 0.4) is 0 Å². The van der Waals surface area contributed by atoms with Gasteiger partial charge in [0, 0.05) is 22.7 Å². The third-order valence-electron chi connectivity index (χ3n) is 4.19. The number of hydrogen-bond acceptors (Lipinski definition) is 6. The molecule has 0 saturated heterocycles. The Morgan fingerprint density at radius 2 is 2.04 bits per heavy atom. The van der Waals surface area contributed by atoms with Crippen molar-refractivity contribution in [1.82, 2.24) is 24.7 Å². The fourth-order valence-corrected chi connectivity index (χ4v) is 3.26. The summed E-state index contributed by atoms with van der Waals surface area (Å²) in [6.45, 7) is 4.15. The van der Waals surface area contributed by atoms with Gasteiger partial charge in [-0.3, -0.25) is 10.1 Å². The number of aryl methyl sites for hydroxylation is 2. The van der Waals surface area contributed by atoms with Crippen LogP contribution in [0.5, 0.6) is 0 Å². The molecule has 0 aliphatic heterocycles. The summed E-state index contributed by atoms with van der Waals surface area (Å²) in [5.41, 5.74) is 4.80. The molecule has 7 nitrogen and oxygen atoms in total. The number of nitrogens with one attached hydrogen (secondary N) is 1. The number of carbonyl (C=O) groups excluding carboxylic acids is 1. The van der Waals surface area contributed by atoms with Crippen LogP contribution in [0, 0.1) is 13.8 Å². The molecule has 4 aromatic rings. The lowest BCUT2D eigenvalue weighted by Crippen LogP contribution is -2.12. The Morgan fingerprint density at radius 1 is 1.15 bits per heavy atom. The van der Waals surface area contributed by atoms with Crippen LogP contribution in [-0.2, 0) is 0 Å². The number of pyridine rings is 1. The summed E-state index contributed by atoms with van der Waals surface area (Å²) >= 11 is 1.39. The lowest BCUT2D eigenvalue weighted by atomic mass is 10.1. The zero-order chi connectivity index (χ0) is 18.8. The molecule has 1 amide bonds. The minimum atomic E-state index is -0.250. The summed E-state index contributed by atoms with van der Waals surface area (Å²) in [5.74, 6) is 0.273. The molecule has 0 aliphatic carbocycles. The molecule has 0 saturated carbocycles. The van der Waals surface area contributed by atoms with Crippen molar-refractivity contribution in [2.75, 3.05) is 5.32 Å². The van der Waals surface area contributed by atoms with Crippen LogP contribution in [0.25, 0.3) is 17.1 Å². The van der Waals surface area contributed by atoms with Crippen molar-refractivity contribution in [3.8, 4) is 17.1 Å². The summed E-state index contributed by atoms with van der Waals surface area (Å²) in [5, 5.41) is 9.35. The molecule has 0 unspecified atom stereocenters. The van der Waals surface area contributed by atoms with Gasteiger partial charge in [0.2, 0.25) is 0 Å². The average Bonchev–Trinajstić information content (AvgIpc) is 3.36. The third-order valence-corrected chi connectivity index (χ3v) is 4.95. The maximum atomic E-state index is 12.6. The Kier molecular flexibility index (Phi) is 4.47. The number of rotatable bonds is 4. The molecule has 134 valence electrons. The maximum absolute atomic E-state index is 12.6. The molecular formula is C19H16N6OS. The molecule has 8 heteroatoms. The molecule has 0 radical (unpaired) electrons. The minimum Gasteiger partial charge on any atom is -0.298 e. The fraction of sp³-hybridized carbons (Fsp3) is 0.105. The van der Waals surface area contributed by atoms with E-state index in [1.165, 1.54) is 39.8 Å². The topological polar surface area (TPSA) is 85.6 Å². The zero-order valence-corrected chi connectivity index (χ0v) is 15.6. The first-order chi connectivity index (χ1) is 13.1. The Morgan fingerprint density at radius 3 is 2.81 bits per heavy atom. The summed E-state index contributed by atoms with van der Waals surface area (Å²) in [7, 11) is 0. The molecule has 0 atom stereocenters. The SMILES string of the molecule is Cc1ccc(-c2csc(NC(=O)c3ccnc(-n4cncn4)c3)n2)cc1C. The zero-order valence-electron chi connectivity index (χ0n) is 14.7. The van der Waals surface area contributed by atoms with E-state index in [0.717, 1.165) is 11.3 Å². The van der Waals surface area contributed by atoms with E-state index in [0.29, 0.717) is 16.5 Å². The van der Waals surface area contributed by atoms with E-state index in [1.807, 2.05) is 11.4 Å². The second kappa shape index (κ2) is 7.08. The van der Waals surface area contributed by atoms with Crippen molar-refractivity contribution in [3.05, 3.63) is 71.3 Å². The fourth-order valence-electron chi connectivity index (χ4n) is 2.55. The van der Waals surface area contributed by atoms with E-state index in [1.54, 1.807) is 18.3 Å². The predicted molar refractivity (Wildman–Crippen MR) is 104 cm³/mol. The Balaban J connectivity index is 1.53. The number of amides is 1. The number of anilines is 1. The number of aromatic nitrogens is 5. The highest BCUT2D eigenvalue weighted by atomic mass is 32.1. The van der Waals surface area contributed by atoms with Crippen LogP contribution in [0.15, 0.2) is 54.6 Å². The third kappa shape index (κ3) is 3.61. The minimum absolute atomic E-state index is 0.250. The van der Waals surface area contributed by atoms with Gasteiger partial charge in [0.05, 0.1) is 5.69 Å². The molecular weight excluding hydrogens is 360 g/mol. The van der Waals surface area contributed by atoms with E-state index in [4.69, 9.17) is 0 Å². The van der Waals surface area contributed by atoms with Crippen molar-refractivity contribution in [1.29, 1.82) is 0 Å². The first-order valence-electron chi connectivity index (χ1n) is 8.26. The highest BCUT2D eigenvalue weighted by Crippen LogP contribution is 2.26. The van der Waals surface area contributed by atoms with Crippen LogP contribution in [0.1, 0.15) is 21.5 Å². The number of nitrogens with zero attached hydrogens (tertiary/aromatic N) is 5. The second-order valence-electron chi connectivity index (χ2n) is 6.03. The number of benzene rings is 1. The standard InChI is InChI=1S/C19H16N6OS/c1-12-3-4-14(7-13(12)2)16-9-27-19(23-16)24-18(26)15-5-6-21-17(8-15)25-11-20-10-22-25/h3-11H,1-2H3,(H,23,24,26). The second-order valence-corrected chi connectivity index (χ2v) is 6.89. The predicted octanol–water partition coefficient (Wildman–Crippen LogP) is 3.65. The van der Waals surface area contributed by atoms with E-state index in [9.17, 15) is 4.79 Å². The van der Waals surface area contributed by atoms with Gasteiger partial charge in [-0.2, -0.15) is 5.10 Å². The van der Waals surface area contributed by atoms with Crippen LogP contribution < -0.4 is 5.32 Å². The van der Waals surface area contributed by atoms with Crippen LogP contribution >= 0.6 is 11.3 Å². The molecule has 0 spiro atoms. The van der Waals surface area contributed by atoms with Crippen molar-refractivity contribution in [2.24, 2.45) is 0 Å². The van der Waals surface area contributed by atoms with Gasteiger partial charge in [-0.25, -0.2) is 19.6 Å². The van der Waals surface area contributed by atoms with Gasteiger partial charge < -0.3 is 0 Å². The average molecular weight is 376 g/mol. The highest BCUT2D eigenvalue weighted by molar-refractivity contribution is 7.14. The first kappa shape index (κ1) is 17.0. The monoisotopic (exact) mass is 376 g/mol. The van der Waals surface area contributed by atoms with Crippen LogP contribution in [-0.4, -0.2) is 30.6 Å². The summed E-state index contributed by atoms with van der Waals surface area (Å²) in [6, 6.07) is 9.51. The van der Waals surface area contributed by atoms with Gasteiger partial charge in [-0.15, -0.1) is 11.3 Å². The van der Waals surface area contributed by atoms with Gasteiger partial charge in [0.15, 0.2) is 10.9 Å². The first-order valence-corrected chi connectivity index (χ1v) is 9.14. The van der Waals surface area contributed by atoms with Crippen molar-refractivity contribution < 1.29 is 4.79 Å². The van der Waals surface area contributed by atoms with Gasteiger partial charge >= 0.3 is 0 Å². The van der Waals surface area contributed by atoms with Crippen molar-refractivity contribution in [3.63, 3.8) is 0 Å². The molecule has 4 rings (SSSR count). The number of thiazole rings is 1. The summed E-state index contributed by atoms with van der Waals surface area (Å²) in [4.78, 5) is 25.2.